The minimum absolute atomic E-state index is 0.221. The SMILES string of the molecule is C/C=C\CO[C@@H]1OC(CO)[C@@H](O)C(O)C1O. The molecule has 1 aliphatic rings. The smallest absolute Gasteiger partial charge is 0.187 e. The van der Waals surface area contributed by atoms with Gasteiger partial charge in [-0.2, -0.15) is 0 Å². The van der Waals surface area contributed by atoms with Gasteiger partial charge in [-0.05, 0) is 6.92 Å². The minimum Gasteiger partial charge on any atom is -0.394 e. The Morgan fingerprint density at radius 3 is 2.44 bits per heavy atom. The molecule has 0 spiro atoms. The summed E-state index contributed by atoms with van der Waals surface area (Å²) in [6, 6.07) is 0. The molecule has 1 saturated heterocycles. The van der Waals surface area contributed by atoms with E-state index in [4.69, 9.17) is 14.6 Å². The molecule has 0 saturated carbocycles. The zero-order valence-electron chi connectivity index (χ0n) is 9.06. The second-order valence-corrected chi connectivity index (χ2v) is 3.60. The normalized spacial score (nSPS) is 40.4. The fraction of sp³-hybridized carbons (Fsp3) is 0.800. The Hall–Kier alpha value is -0.500. The van der Waals surface area contributed by atoms with Crippen LogP contribution < -0.4 is 0 Å². The molecular formula is C10H18O6. The van der Waals surface area contributed by atoms with Gasteiger partial charge in [0.2, 0.25) is 0 Å². The van der Waals surface area contributed by atoms with Gasteiger partial charge in [-0.1, -0.05) is 12.2 Å². The molecule has 1 fully saturated rings. The Bertz CT molecular complexity index is 229. The van der Waals surface area contributed by atoms with Gasteiger partial charge < -0.3 is 29.9 Å². The first-order valence-corrected chi connectivity index (χ1v) is 5.15. The van der Waals surface area contributed by atoms with Gasteiger partial charge in [0.1, 0.15) is 24.4 Å². The van der Waals surface area contributed by atoms with Crippen LogP contribution in [-0.2, 0) is 9.47 Å². The van der Waals surface area contributed by atoms with Crippen molar-refractivity contribution in [2.24, 2.45) is 0 Å². The highest BCUT2D eigenvalue weighted by atomic mass is 16.7. The molecule has 3 unspecified atom stereocenters. The molecule has 0 radical (unpaired) electrons. The van der Waals surface area contributed by atoms with Gasteiger partial charge in [0, 0.05) is 0 Å². The van der Waals surface area contributed by atoms with Crippen molar-refractivity contribution in [3.8, 4) is 0 Å². The first-order valence-electron chi connectivity index (χ1n) is 5.15. The van der Waals surface area contributed by atoms with E-state index in [1.54, 1.807) is 12.2 Å². The summed E-state index contributed by atoms with van der Waals surface area (Å²) in [5, 5.41) is 37.4. The Labute approximate surface area is 93.7 Å². The third-order valence-corrected chi connectivity index (χ3v) is 2.44. The highest BCUT2D eigenvalue weighted by Crippen LogP contribution is 2.21. The van der Waals surface area contributed by atoms with Gasteiger partial charge >= 0.3 is 0 Å². The van der Waals surface area contributed by atoms with Crippen LogP contribution in [0.5, 0.6) is 0 Å². The van der Waals surface area contributed by atoms with Gasteiger partial charge in [-0.15, -0.1) is 0 Å². The molecule has 0 aliphatic carbocycles. The van der Waals surface area contributed by atoms with Crippen molar-refractivity contribution < 1.29 is 29.9 Å². The van der Waals surface area contributed by atoms with E-state index in [1.807, 2.05) is 6.92 Å². The quantitative estimate of drug-likeness (QED) is 0.436. The standard InChI is InChI=1S/C10H18O6/c1-2-3-4-15-10-9(14)8(13)7(12)6(5-11)16-10/h2-3,6-14H,4-5H2,1H3/b3-2-/t6?,7-,8?,9?,10-/m1/s1. The predicted octanol–water partition coefficient (Wildman–Crippen LogP) is -1.62. The lowest BCUT2D eigenvalue weighted by Crippen LogP contribution is -2.59. The van der Waals surface area contributed by atoms with Gasteiger partial charge in [0.05, 0.1) is 13.2 Å². The summed E-state index contributed by atoms with van der Waals surface area (Å²) in [7, 11) is 0. The van der Waals surface area contributed by atoms with E-state index in [0.29, 0.717) is 0 Å². The molecule has 16 heavy (non-hydrogen) atoms. The molecule has 6 heteroatoms. The van der Waals surface area contributed by atoms with Crippen LogP contribution in [0.2, 0.25) is 0 Å². The molecule has 1 heterocycles. The van der Waals surface area contributed by atoms with Crippen LogP contribution >= 0.6 is 0 Å². The number of rotatable bonds is 4. The monoisotopic (exact) mass is 234 g/mol. The lowest BCUT2D eigenvalue weighted by Gasteiger charge is -2.39. The topological polar surface area (TPSA) is 99.4 Å². The van der Waals surface area contributed by atoms with Crippen LogP contribution in [0, 0.1) is 0 Å². The van der Waals surface area contributed by atoms with Crippen molar-refractivity contribution in [1.29, 1.82) is 0 Å². The van der Waals surface area contributed by atoms with E-state index in [9.17, 15) is 15.3 Å². The number of hydrogen-bond donors (Lipinski definition) is 4. The summed E-state index contributed by atoms with van der Waals surface area (Å²) < 4.78 is 10.3. The number of hydrogen-bond acceptors (Lipinski definition) is 6. The van der Waals surface area contributed by atoms with Gasteiger partial charge in [0.15, 0.2) is 6.29 Å². The highest BCUT2D eigenvalue weighted by Gasteiger charge is 2.43. The van der Waals surface area contributed by atoms with Crippen LogP contribution in [0.1, 0.15) is 6.92 Å². The Balaban J connectivity index is 2.56. The van der Waals surface area contributed by atoms with Crippen LogP contribution in [0.4, 0.5) is 0 Å². The summed E-state index contributed by atoms with van der Waals surface area (Å²) in [6.45, 7) is 1.59. The number of aliphatic hydroxyl groups excluding tert-OH is 4. The largest absolute Gasteiger partial charge is 0.394 e. The zero-order valence-corrected chi connectivity index (χ0v) is 9.06. The van der Waals surface area contributed by atoms with E-state index in [2.05, 4.69) is 0 Å². The van der Waals surface area contributed by atoms with Gasteiger partial charge in [-0.25, -0.2) is 0 Å². The molecular weight excluding hydrogens is 216 g/mol. The summed E-state index contributed by atoms with van der Waals surface area (Å²) in [5.74, 6) is 0. The first kappa shape index (κ1) is 13.6. The van der Waals surface area contributed by atoms with E-state index < -0.39 is 37.3 Å². The summed E-state index contributed by atoms with van der Waals surface area (Å²) >= 11 is 0. The average molecular weight is 234 g/mol. The summed E-state index contributed by atoms with van der Waals surface area (Å²) in [5.41, 5.74) is 0. The predicted molar refractivity (Wildman–Crippen MR) is 54.5 cm³/mol. The Morgan fingerprint density at radius 2 is 1.88 bits per heavy atom. The average Bonchev–Trinajstić information content (AvgIpc) is 2.29. The third-order valence-electron chi connectivity index (χ3n) is 2.44. The van der Waals surface area contributed by atoms with E-state index in [-0.39, 0.29) is 6.61 Å². The molecule has 0 aromatic carbocycles. The fourth-order valence-corrected chi connectivity index (χ4v) is 1.45. The third kappa shape index (κ3) is 3.00. The Kier molecular flexibility index (Phi) is 5.33. The van der Waals surface area contributed by atoms with Crippen molar-refractivity contribution in [2.45, 2.75) is 37.6 Å². The number of allylic oxidation sites excluding steroid dienone is 1. The maximum absolute atomic E-state index is 9.55. The Morgan fingerprint density at radius 1 is 1.19 bits per heavy atom. The molecule has 1 aliphatic heterocycles. The van der Waals surface area contributed by atoms with Crippen molar-refractivity contribution in [2.75, 3.05) is 13.2 Å². The van der Waals surface area contributed by atoms with Crippen LogP contribution in [0.3, 0.4) is 0 Å². The van der Waals surface area contributed by atoms with Crippen molar-refractivity contribution in [3.63, 3.8) is 0 Å². The molecule has 4 N–H and O–H groups in total. The molecule has 0 bridgehead atoms. The van der Waals surface area contributed by atoms with Crippen molar-refractivity contribution in [1.82, 2.24) is 0 Å². The molecule has 0 aromatic heterocycles. The molecule has 5 atom stereocenters. The molecule has 0 aromatic rings. The second-order valence-electron chi connectivity index (χ2n) is 3.60. The van der Waals surface area contributed by atoms with Crippen LogP contribution in [-0.4, -0.2) is 64.3 Å². The summed E-state index contributed by atoms with van der Waals surface area (Å²) in [6.07, 6.45) is -2.56. The summed E-state index contributed by atoms with van der Waals surface area (Å²) in [4.78, 5) is 0. The highest BCUT2D eigenvalue weighted by molar-refractivity contribution is 4.89. The van der Waals surface area contributed by atoms with Crippen molar-refractivity contribution in [3.05, 3.63) is 12.2 Å². The van der Waals surface area contributed by atoms with Crippen LogP contribution in [0.25, 0.3) is 0 Å². The van der Waals surface area contributed by atoms with E-state index in [0.717, 1.165) is 0 Å². The second kappa shape index (κ2) is 6.29. The van der Waals surface area contributed by atoms with E-state index in [1.165, 1.54) is 0 Å². The molecule has 6 nitrogen and oxygen atoms in total. The maximum Gasteiger partial charge on any atom is 0.187 e. The number of ether oxygens (including phenoxy) is 2. The van der Waals surface area contributed by atoms with Crippen molar-refractivity contribution >= 4 is 0 Å². The number of aliphatic hydroxyl groups is 4. The molecule has 94 valence electrons. The lowest BCUT2D eigenvalue weighted by atomic mass is 9.99. The maximum atomic E-state index is 9.55. The lowest BCUT2D eigenvalue weighted by molar-refractivity contribution is -0.298. The van der Waals surface area contributed by atoms with Crippen LogP contribution in [0.15, 0.2) is 12.2 Å². The van der Waals surface area contributed by atoms with E-state index >= 15 is 0 Å². The van der Waals surface area contributed by atoms with Gasteiger partial charge in [0.25, 0.3) is 0 Å². The minimum atomic E-state index is -1.39. The zero-order chi connectivity index (χ0) is 12.1. The molecule has 1 rings (SSSR count). The fourth-order valence-electron chi connectivity index (χ4n) is 1.45. The molecule has 0 amide bonds. The van der Waals surface area contributed by atoms with Gasteiger partial charge in [-0.3, -0.25) is 0 Å². The first-order chi connectivity index (χ1) is 7.61.